The molecule has 1 fully saturated rings. The first-order chi connectivity index (χ1) is 15.1. The van der Waals surface area contributed by atoms with E-state index in [9.17, 15) is 9.59 Å². The number of piperidine rings is 1. The number of anilines is 1. The van der Waals surface area contributed by atoms with Crippen molar-refractivity contribution in [1.29, 1.82) is 0 Å². The number of Topliss-reactive ketones (excluding diaryl/α,β-unsaturated/α-hetero) is 1. The molecule has 1 saturated heterocycles. The molecule has 1 aliphatic heterocycles. The Labute approximate surface area is 185 Å². The minimum Gasteiger partial charge on any atom is -0.439 e. The number of benzene rings is 1. The molecule has 31 heavy (non-hydrogen) atoms. The van der Waals surface area contributed by atoms with Crippen molar-refractivity contribution in [2.24, 2.45) is 0 Å². The highest BCUT2D eigenvalue weighted by Crippen LogP contribution is 2.24. The Hall–Kier alpha value is -3.03. The van der Waals surface area contributed by atoms with Crippen LogP contribution in [0, 0.1) is 0 Å². The number of aromatic nitrogens is 1. The van der Waals surface area contributed by atoms with E-state index in [1.807, 2.05) is 41.8 Å². The van der Waals surface area contributed by atoms with Crippen LogP contribution in [0.15, 0.2) is 60.1 Å². The second-order valence-corrected chi connectivity index (χ2v) is 8.56. The molecule has 1 N–H and O–H groups in total. The van der Waals surface area contributed by atoms with Crippen LogP contribution in [0.5, 0.6) is 11.6 Å². The lowest BCUT2D eigenvalue weighted by Gasteiger charge is -2.34. The molecule has 1 aromatic carbocycles. The zero-order chi connectivity index (χ0) is 21.6. The molecule has 0 unspecified atom stereocenters. The first-order valence-corrected chi connectivity index (χ1v) is 11.3. The molecule has 160 valence electrons. The smallest absolute Gasteiger partial charge is 0.241 e. The number of thiophene rings is 1. The van der Waals surface area contributed by atoms with Gasteiger partial charge in [0, 0.05) is 12.6 Å². The molecular formula is C24H25N3O3S. The first-order valence-electron chi connectivity index (χ1n) is 10.4. The largest absolute Gasteiger partial charge is 0.439 e. The number of carbonyl (C=O) groups is 2. The quantitative estimate of drug-likeness (QED) is 0.521. The van der Waals surface area contributed by atoms with Crippen LogP contribution in [0.3, 0.4) is 0 Å². The number of pyridine rings is 1. The molecule has 7 heteroatoms. The summed E-state index contributed by atoms with van der Waals surface area (Å²) in [4.78, 5) is 31.8. The number of nitrogens with zero attached hydrogens (tertiary/aromatic N) is 2. The average molecular weight is 436 g/mol. The molecule has 3 aromatic rings. The summed E-state index contributed by atoms with van der Waals surface area (Å²) in [7, 11) is 0. The van der Waals surface area contributed by atoms with Gasteiger partial charge in [-0.25, -0.2) is 4.98 Å². The molecule has 0 radical (unpaired) electrons. The zero-order valence-electron chi connectivity index (χ0n) is 17.4. The second-order valence-electron chi connectivity index (χ2n) is 7.65. The number of ether oxygens (including phenoxy) is 1. The Balaban J connectivity index is 1.38. The van der Waals surface area contributed by atoms with Crippen molar-refractivity contribution >= 4 is 28.7 Å². The Morgan fingerprint density at radius 3 is 2.74 bits per heavy atom. The van der Waals surface area contributed by atoms with E-state index in [2.05, 4.69) is 15.2 Å². The summed E-state index contributed by atoms with van der Waals surface area (Å²) < 4.78 is 5.70. The highest BCUT2D eigenvalue weighted by atomic mass is 32.1. The van der Waals surface area contributed by atoms with Crippen molar-refractivity contribution in [3.8, 4) is 11.6 Å². The standard InChI is InChI=1S/C24H25N3O3S/c1-17(28)22-13-18(16-31-22)15-27-12-6-5-9-21(27)24(29)26-19-10-11-23(25-14-19)30-20-7-3-2-4-8-20/h2-4,7-8,10-11,13-14,16,21H,5-6,9,12,15H2,1H3,(H,26,29)/t21-/m1/s1. The van der Waals surface area contributed by atoms with Gasteiger partial charge in [0.15, 0.2) is 5.78 Å². The summed E-state index contributed by atoms with van der Waals surface area (Å²) in [6.45, 7) is 3.12. The van der Waals surface area contributed by atoms with Crippen LogP contribution in [-0.4, -0.2) is 34.2 Å². The Kier molecular flexibility index (Phi) is 6.74. The van der Waals surface area contributed by atoms with Crippen LogP contribution in [0.1, 0.15) is 41.4 Å². The molecule has 3 heterocycles. The minimum absolute atomic E-state index is 0.0275. The molecule has 6 nitrogen and oxygen atoms in total. The van der Waals surface area contributed by atoms with Gasteiger partial charge in [-0.3, -0.25) is 14.5 Å². The third kappa shape index (κ3) is 5.57. The molecule has 0 saturated carbocycles. The van der Waals surface area contributed by atoms with Gasteiger partial charge < -0.3 is 10.1 Å². The van der Waals surface area contributed by atoms with Crippen LogP contribution in [0.4, 0.5) is 5.69 Å². The van der Waals surface area contributed by atoms with Crippen LogP contribution in [0.2, 0.25) is 0 Å². The minimum atomic E-state index is -0.199. The van der Waals surface area contributed by atoms with Crippen molar-refractivity contribution in [1.82, 2.24) is 9.88 Å². The third-order valence-corrected chi connectivity index (χ3v) is 6.35. The number of para-hydroxylation sites is 1. The van der Waals surface area contributed by atoms with Gasteiger partial charge in [-0.1, -0.05) is 24.6 Å². The van der Waals surface area contributed by atoms with Gasteiger partial charge in [0.2, 0.25) is 11.8 Å². The van der Waals surface area contributed by atoms with Gasteiger partial charge in [0.1, 0.15) is 5.75 Å². The second kappa shape index (κ2) is 9.85. The molecule has 1 atom stereocenters. The molecule has 2 aromatic heterocycles. The lowest BCUT2D eigenvalue weighted by Crippen LogP contribution is -2.46. The lowest BCUT2D eigenvalue weighted by molar-refractivity contribution is -0.122. The summed E-state index contributed by atoms with van der Waals surface area (Å²) in [5.74, 6) is 1.24. The van der Waals surface area contributed by atoms with Crippen LogP contribution in [-0.2, 0) is 11.3 Å². The van der Waals surface area contributed by atoms with Gasteiger partial charge in [-0.15, -0.1) is 11.3 Å². The fourth-order valence-electron chi connectivity index (χ4n) is 3.70. The summed E-state index contributed by atoms with van der Waals surface area (Å²) in [6, 6.07) is 14.7. The maximum atomic E-state index is 13.0. The maximum Gasteiger partial charge on any atom is 0.241 e. The van der Waals surface area contributed by atoms with Crippen molar-refractivity contribution in [2.45, 2.75) is 38.8 Å². The summed E-state index contributed by atoms with van der Waals surface area (Å²) in [6.07, 6.45) is 4.53. The molecule has 0 aliphatic carbocycles. The lowest BCUT2D eigenvalue weighted by atomic mass is 10.0. The fourth-order valence-corrected chi connectivity index (χ4v) is 4.51. The zero-order valence-corrected chi connectivity index (χ0v) is 18.2. The third-order valence-electron chi connectivity index (χ3n) is 5.27. The van der Waals surface area contributed by atoms with E-state index < -0.39 is 0 Å². The maximum absolute atomic E-state index is 13.0. The molecule has 4 rings (SSSR count). The monoisotopic (exact) mass is 435 g/mol. The van der Waals surface area contributed by atoms with Gasteiger partial charge in [-0.05, 0) is 61.5 Å². The van der Waals surface area contributed by atoms with E-state index in [0.717, 1.165) is 36.2 Å². The van der Waals surface area contributed by atoms with E-state index in [4.69, 9.17) is 4.74 Å². The van der Waals surface area contributed by atoms with Crippen LogP contribution < -0.4 is 10.1 Å². The summed E-state index contributed by atoms with van der Waals surface area (Å²) in [5.41, 5.74) is 1.73. The molecule has 0 spiro atoms. The summed E-state index contributed by atoms with van der Waals surface area (Å²) >= 11 is 1.46. The number of hydrogen-bond acceptors (Lipinski definition) is 6. The van der Waals surface area contributed by atoms with Gasteiger partial charge in [-0.2, -0.15) is 0 Å². The Morgan fingerprint density at radius 1 is 1.19 bits per heavy atom. The highest BCUT2D eigenvalue weighted by molar-refractivity contribution is 7.12. The number of likely N-dealkylation sites (tertiary alicyclic amines) is 1. The van der Waals surface area contributed by atoms with Crippen LogP contribution >= 0.6 is 11.3 Å². The van der Waals surface area contributed by atoms with Crippen LogP contribution in [0.25, 0.3) is 0 Å². The van der Waals surface area contributed by atoms with Crippen molar-refractivity contribution < 1.29 is 14.3 Å². The fraction of sp³-hybridized carbons (Fsp3) is 0.292. The number of hydrogen-bond donors (Lipinski definition) is 1. The molecule has 0 bridgehead atoms. The van der Waals surface area contributed by atoms with Crippen molar-refractivity contribution in [3.05, 3.63) is 70.5 Å². The number of nitrogens with one attached hydrogen (secondary N) is 1. The topological polar surface area (TPSA) is 71.5 Å². The number of rotatable bonds is 7. The van der Waals surface area contributed by atoms with Crippen molar-refractivity contribution in [2.75, 3.05) is 11.9 Å². The molecule has 1 aliphatic rings. The van der Waals surface area contributed by atoms with Gasteiger partial charge in [0.05, 0.1) is 22.8 Å². The predicted molar refractivity (Wildman–Crippen MR) is 122 cm³/mol. The van der Waals surface area contributed by atoms with Crippen molar-refractivity contribution in [3.63, 3.8) is 0 Å². The van der Waals surface area contributed by atoms with E-state index in [-0.39, 0.29) is 17.7 Å². The number of carbonyl (C=O) groups excluding carboxylic acids is 2. The summed E-state index contributed by atoms with van der Waals surface area (Å²) in [5, 5.41) is 5.00. The Bertz CT molecular complexity index is 1030. The number of amides is 1. The van der Waals surface area contributed by atoms with E-state index in [0.29, 0.717) is 23.9 Å². The van der Waals surface area contributed by atoms with Gasteiger partial charge >= 0.3 is 0 Å². The SMILES string of the molecule is CC(=O)c1cc(CN2CCCC[C@@H]2C(=O)Nc2ccc(Oc3ccccc3)nc2)cs1. The average Bonchev–Trinajstić information content (AvgIpc) is 3.25. The Morgan fingerprint density at radius 2 is 2.03 bits per heavy atom. The molecular weight excluding hydrogens is 410 g/mol. The number of ketones is 1. The van der Waals surface area contributed by atoms with Gasteiger partial charge in [0.25, 0.3) is 0 Å². The van der Waals surface area contributed by atoms with E-state index >= 15 is 0 Å². The normalized spacial score (nSPS) is 16.6. The van der Waals surface area contributed by atoms with E-state index in [1.54, 1.807) is 25.3 Å². The first kappa shape index (κ1) is 21.2. The van der Waals surface area contributed by atoms with E-state index in [1.165, 1.54) is 11.3 Å². The predicted octanol–water partition coefficient (Wildman–Crippen LogP) is 5.13. The highest BCUT2D eigenvalue weighted by Gasteiger charge is 2.29. The molecule has 1 amide bonds.